The first-order chi connectivity index (χ1) is 11.1. The minimum atomic E-state index is -0.153. The fourth-order valence-corrected chi connectivity index (χ4v) is 2.51. The van der Waals surface area contributed by atoms with Crippen molar-refractivity contribution in [3.8, 4) is 0 Å². The largest absolute Gasteiger partial charge is 0.351 e. The van der Waals surface area contributed by atoms with Gasteiger partial charge in [0.1, 0.15) is 5.69 Å². The van der Waals surface area contributed by atoms with Crippen LogP contribution < -0.4 is 10.2 Å². The number of anilines is 1. The highest BCUT2D eigenvalue weighted by molar-refractivity contribution is 5.92. The number of nitrogens with one attached hydrogen (secondary N) is 1. The summed E-state index contributed by atoms with van der Waals surface area (Å²) in [5.74, 6) is 0.411. The minimum Gasteiger partial charge on any atom is -0.351 e. The van der Waals surface area contributed by atoms with Crippen molar-refractivity contribution < 1.29 is 9.59 Å². The second-order valence-electron chi connectivity index (χ2n) is 5.79. The molecule has 7 nitrogen and oxygen atoms in total. The molecule has 2 rings (SSSR count). The highest BCUT2D eigenvalue weighted by Gasteiger charge is 2.19. The average Bonchev–Trinajstić information content (AvgIpc) is 2.58. The van der Waals surface area contributed by atoms with Gasteiger partial charge in [0.2, 0.25) is 12.4 Å². The number of nitrogens with zero attached hydrogens (tertiary/aromatic N) is 4. The van der Waals surface area contributed by atoms with Gasteiger partial charge in [0.05, 0.1) is 0 Å². The molecule has 1 aromatic heterocycles. The monoisotopic (exact) mass is 319 g/mol. The molecule has 0 aliphatic carbocycles. The lowest BCUT2D eigenvalue weighted by atomic mass is 10.2. The number of piperazine rings is 1. The summed E-state index contributed by atoms with van der Waals surface area (Å²) in [7, 11) is 0. The molecule has 1 aliphatic rings. The summed E-state index contributed by atoms with van der Waals surface area (Å²) in [4.78, 5) is 35.6. The Kier molecular flexibility index (Phi) is 6.31. The maximum atomic E-state index is 12.2. The molecule has 0 radical (unpaired) electrons. The molecule has 2 amide bonds. The third kappa shape index (κ3) is 4.91. The Bertz CT molecular complexity index is 541. The van der Waals surface area contributed by atoms with E-state index >= 15 is 0 Å². The van der Waals surface area contributed by atoms with Gasteiger partial charge in [-0.15, -0.1) is 0 Å². The van der Waals surface area contributed by atoms with Crippen LogP contribution in [0.4, 0.5) is 5.95 Å². The number of carbonyl (C=O) groups excluding carboxylic acids is 2. The minimum absolute atomic E-state index is 0.153. The van der Waals surface area contributed by atoms with Crippen LogP contribution in [0.1, 0.15) is 42.4 Å². The van der Waals surface area contributed by atoms with E-state index in [1.165, 1.54) is 0 Å². The second kappa shape index (κ2) is 8.45. The van der Waals surface area contributed by atoms with Crippen LogP contribution in [0.25, 0.3) is 0 Å². The summed E-state index contributed by atoms with van der Waals surface area (Å²) in [6.45, 7) is 7.33. The van der Waals surface area contributed by atoms with E-state index < -0.39 is 0 Å². The van der Waals surface area contributed by atoms with E-state index in [0.717, 1.165) is 31.4 Å². The predicted octanol–water partition coefficient (Wildman–Crippen LogP) is 0.983. The number of carbonyl (C=O) groups is 2. The molecule has 0 spiro atoms. The molecule has 0 unspecified atom stereocenters. The maximum Gasteiger partial charge on any atom is 0.270 e. The molecule has 0 atom stereocenters. The van der Waals surface area contributed by atoms with E-state index in [9.17, 15) is 9.59 Å². The Morgan fingerprint density at radius 1 is 1.26 bits per heavy atom. The first kappa shape index (κ1) is 17.2. The number of aryl methyl sites for hydroxylation is 1. The molecule has 126 valence electrons. The molecule has 1 N–H and O–H groups in total. The van der Waals surface area contributed by atoms with Crippen LogP contribution in [-0.2, 0) is 4.79 Å². The van der Waals surface area contributed by atoms with Gasteiger partial charge in [-0.2, -0.15) is 0 Å². The van der Waals surface area contributed by atoms with Crippen LogP contribution in [0.5, 0.6) is 0 Å². The van der Waals surface area contributed by atoms with Gasteiger partial charge in [0.25, 0.3) is 5.91 Å². The number of amides is 2. The molecule has 1 aromatic rings. The number of hydrogen-bond acceptors (Lipinski definition) is 5. The van der Waals surface area contributed by atoms with Crippen LogP contribution in [0.15, 0.2) is 6.07 Å². The Hall–Kier alpha value is -2.18. The first-order valence-corrected chi connectivity index (χ1v) is 8.22. The van der Waals surface area contributed by atoms with E-state index in [1.54, 1.807) is 11.0 Å². The van der Waals surface area contributed by atoms with Crippen LogP contribution in [0.3, 0.4) is 0 Å². The summed E-state index contributed by atoms with van der Waals surface area (Å²) in [6, 6.07) is 1.71. The summed E-state index contributed by atoms with van der Waals surface area (Å²) >= 11 is 0. The lowest BCUT2D eigenvalue weighted by Crippen LogP contribution is -2.46. The van der Waals surface area contributed by atoms with Gasteiger partial charge < -0.3 is 15.1 Å². The van der Waals surface area contributed by atoms with Crippen molar-refractivity contribution in [1.82, 2.24) is 20.2 Å². The van der Waals surface area contributed by atoms with Gasteiger partial charge in [-0.05, 0) is 19.4 Å². The fraction of sp³-hybridized carbons (Fsp3) is 0.625. The predicted molar refractivity (Wildman–Crippen MR) is 88.5 cm³/mol. The van der Waals surface area contributed by atoms with Crippen LogP contribution in [-0.4, -0.2) is 59.9 Å². The maximum absolute atomic E-state index is 12.2. The molecule has 0 saturated carbocycles. The third-order valence-corrected chi connectivity index (χ3v) is 3.89. The van der Waals surface area contributed by atoms with Crippen molar-refractivity contribution in [3.05, 3.63) is 17.5 Å². The van der Waals surface area contributed by atoms with Crippen LogP contribution >= 0.6 is 0 Å². The summed E-state index contributed by atoms with van der Waals surface area (Å²) in [6.07, 6.45) is 4.07. The topological polar surface area (TPSA) is 78.4 Å². The Morgan fingerprint density at radius 2 is 2.00 bits per heavy atom. The Balaban J connectivity index is 2.01. The molecular formula is C16H25N5O2. The van der Waals surface area contributed by atoms with Crippen molar-refractivity contribution in [2.45, 2.75) is 33.1 Å². The standard InChI is InChI=1S/C16H25N5O2/c1-3-4-5-6-17-15(23)14-11-13(2)18-16(19-14)21-9-7-20(12-22)8-10-21/h11-12H,3-10H2,1-2H3,(H,17,23). The zero-order valence-corrected chi connectivity index (χ0v) is 13.9. The lowest BCUT2D eigenvalue weighted by molar-refractivity contribution is -0.118. The number of rotatable bonds is 7. The van der Waals surface area contributed by atoms with E-state index in [0.29, 0.717) is 44.4 Å². The molecule has 0 bridgehead atoms. The number of aromatic nitrogens is 2. The summed E-state index contributed by atoms with van der Waals surface area (Å²) < 4.78 is 0. The molecular weight excluding hydrogens is 294 g/mol. The molecule has 23 heavy (non-hydrogen) atoms. The highest BCUT2D eigenvalue weighted by atomic mass is 16.2. The lowest BCUT2D eigenvalue weighted by Gasteiger charge is -2.32. The van der Waals surface area contributed by atoms with E-state index in [1.807, 2.05) is 11.8 Å². The Morgan fingerprint density at radius 3 is 2.65 bits per heavy atom. The van der Waals surface area contributed by atoms with Crippen molar-refractivity contribution in [3.63, 3.8) is 0 Å². The zero-order chi connectivity index (χ0) is 16.7. The van der Waals surface area contributed by atoms with E-state index in [2.05, 4.69) is 22.2 Å². The van der Waals surface area contributed by atoms with Crippen molar-refractivity contribution >= 4 is 18.3 Å². The van der Waals surface area contributed by atoms with Gasteiger partial charge in [-0.1, -0.05) is 19.8 Å². The van der Waals surface area contributed by atoms with E-state index in [4.69, 9.17) is 0 Å². The molecule has 2 heterocycles. The fourth-order valence-electron chi connectivity index (χ4n) is 2.51. The molecule has 1 fully saturated rings. The number of unbranched alkanes of at least 4 members (excludes halogenated alkanes) is 2. The van der Waals surface area contributed by atoms with Gasteiger partial charge in [-0.25, -0.2) is 9.97 Å². The van der Waals surface area contributed by atoms with E-state index in [-0.39, 0.29) is 5.91 Å². The van der Waals surface area contributed by atoms with Gasteiger partial charge in [0, 0.05) is 38.4 Å². The third-order valence-electron chi connectivity index (χ3n) is 3.89. The second-order valence-corrected chi connectivity index (χ2v) is 5.79. The van der Waals surface area contributed by atoms with Gasteiger partial charge >= 0.3 is 0 Å². The first-order valence-electron chi connectivity index (χ1n) is 8.22. The SMILES string of the molecule is CCCCCNC(=O)c1cc(C)nc(N2CCN(C=O)CC2)n1. The number of hydrogen-bond donors (Lipinski definition) is 1. The van der Waals surface area contributed by atoms with Crippen molar-refractivity contribution in [2.75, 3.05) is 37.6 Å². The van der Waals surface area contributed by atoms with Crippen LogP contribution in [0.2, 0.25) is 0 Å². The average molecular weight is 319 g/mol. The molecule has 7 heteroatoms. The molecule has 1 saturated heterocycles. The molecule has 0 aromatic carbocycles. The Labute approximate surface area is 137 Å². The van der Waals surface area contributed by atoms with Crippen molar-refractivity contribution in [2.24, 2.45) is 0 Å². The highest BCUT2D eigenvalue weighted by Crippen LogP contribution is 2.13. The molecule has 1 aliphatic heterocycles. The van der Waals surface area contributed by atoms with Crippen LogP contribution in [0, 0.1) is 6.92 Å². The quantitative estimate of drug-likeness (QED) is 0.599. The smallest absolute Gasteiger partial charge is 0.270 e. The van der Waals surface area contributed by atoms with Gasteiger partial charge in [-0.3, -0.25) is 9.59 Å². The summed E-state index contributed by atoms with van der Waals surface area (Å²) in [5, 5.41) is 2.91. The normalized spacial score (nSPS) is 14.7. The van der Waals surface area contributed by atoms with Crippen molar-refractivity contribution in [1.29, 1.82) is 0 Å². The zero-order valence-electron chi connectivity index (χ0n) is 13.9. The summed E-state index contributed by atoms with van der Waals surface area (Å²) in [5.41, 5.74) is 1.17. The van der Waals surface area contributed by atoms with Gasteiger partial charge in [0.15, 0.2) is 0 Å².